The summed E-state index contributed by atoms with van der Waals surface area (Å²) in [5.41, 5.74) is 0. The van der Waals surface area contributed by atoms with Crippen LogP contribution < -0.4 is 0 Å². The number of esters is 2. The Bertz CT molecular complexity index is 948. The Balaban J connectivity index is 1.86. The van der Waals surface area contributed by atoms with Crippen LogP contribution in [0.5, 0.6) is 0 Å². The third kappa shape index (κ3) is 31.5. The van der Waals surface area contributed by atoms with Gasteiger partial charge in [-0.3, -0.25) is 9.59 Å². The highest BCUT2D eigenvalue weighted by molar-refractivity contribution is 5.70. The summed E-state index contributed by atoms with van der Waals surface area (Å²) in [6.45, 7) is 4.12. The van der Waals surface area contributed by atoms with E-state index in [1.807, 2.05) is 12.2 Å². The molecule has 0 aliphatic carbocycles. The van der Waals surface area contributed by atoms with E-state index in [2.05, 4.69) is 62.5 Å². The predicted molar refractivity (Wildman–Crippen MR) is 209 cm³/mol. The van der Waals surface area contributed by atoms with Gasteiger partial charge in [0.2, 0.25) is 0 Å². The summed E-state index contributed by atoms with van der Waals surface area (Å²) < 4.78 is 16.0. The zero-order valence-electron chi connectivity index (χ0n) is 32.1. The van der Waals surface area contributed by atoms with E-state index < -0.39 is 6.10 Å². The number of carbonyl (C=O) groups is 2. The van der Waals surface area contributed by atoms with Gasteiger partial charge in [-0.1, -0.05) is 171 Å². The van der Waals surface area contributed by atoms with Crippen LogP contribution in [0.1, 0.15) is 174 Å². The van der Waals surface area contributed by atoms with E-state index in [0.29, 0.717) is 25.0 Å². The van der Waals surface area contributed by atoms with Gasteiger partial charge in [-0.25, -0.2) is 0 Å². The molecule has 0 bridgehead atoms. The number of aliphatic hydroxyl groups is 1. The number of allylic oxidation sites excluding steroid dienone is 8. The van der Waals surface area contributed by atoms with Crippen LogP contribution in [0.4, 0.5) is 0 Å². The maximum absolute atomic E-state index is 12.0. The second kappa shape index (κ2) is 35.0. The van der Waals surface area contributed by atoms with Crippen LogP contribution in [0.15, 0.2) is 60.8 Å². The maximum atomic E-state index is 12.0. The van der Waals surface area contributed by atoms with Gasteiger partial charge in [-0.2, -0.15) is 0 Å². The molecule has 1 aliphatic rings. The molecule has 0 saturated carbocycles. The highest BCUT2D eigenvalue weighted by atomic mass is 16.6. The van der Waals surface area contributed by atoms with Crippen molar-refractivity contribution < 1.29 is 28.9 Å². The molecule has 1 fully saturated rings. The van der Waals surface area contributed by atoms with Crippen molar-refractivity contribution in [1.82, 2.24) is 0 Å². The molecule has 0 aromatic rings. The maximum Gasteiger partial charge on any atom is 0.306 e. The van der Waals surface area contributed by atoms with Crippen LogP contribution in [-0.2, 0) is 23.8 Å². The molecular formula is C44H74O6. The van der Waals surface area contributed by atoms with Crippen LogP contribution in [0, 0.1) is 0 Å². The van der Waals surface area contributed by atoms with Crippen molar-refractivity contribution >= 4 is 11.9 Å². The minimum Gasteiger partial charge on any atom is -0.463 e. The van der Waals surface area contributed by atoms with Crippen molar-refractivity contribution in [3.63, 3.8) is 0 Å². The summed E-state index contributed by atoms with van der Waals surface area (Å²) in [4.78, 5) is 23.9. The Kier molecular flexibility index (Phi) is 31.9. The third-order valence-electron chi connectivity index (χ3n) is 8.93. The highest BCUT2D eigenvalue weighted by Gasteiger charge is 2.35. The molecule has 0 spiro atoms. The lowest BCUT2D eigenvalue weighted by atomic mass is 10.0. The van der Waals surface area contributed by atoms with Crippen molar-refractivity contribution in [2.75, 3.05) is 13.2 Å². The van der Waals surface area contributed by atoms with Crippen LogP contribution >= 0.6 is 0 Å². The zero-order chi connectivity index (χ0) is 36.2. The molecule has 1 rings (SSSR count). The number of ether oxygens (including phenoxy) is 3. The first kappa shape index (κ1) is 45.6. The lowest BCUT2D eigenvalue weighted by Crippen LogP contribution is -2.25. The fraction of sp³-hybridized carbons (Fsp3) is 0.727. The van der Waals surface area contributed by atoms with Crippen molar-refractivity contribution in [3.8, 4) is 0 Å². The third-order valence-corrected chi connectivity index (χ3v) is 8.93. The van der Waals surface area contributed by atoms with Gasteiger partial charge in [0.15, 0.2) is 0 Å². The molecule has 6 nitrogen and oxygen atoms in total. The molecule has 1 N–H and O–H groups in total. The molecule has 6 heteroatoms. The van der Waals surface area contributed by atoms with E-state index in [4.69, 9.17) is 14.2 Å². The standard InChI is InChI=1S/C44H74O6/c1-3-5-7-8-9-10-11-12-13-14-15-19-22-25-28-32-36-43(46)48-38-40(45)39-49-44(47)37-33-29-26-23-20-17-16-18-21-24-27-31-35-42-41(50-42)34-30-6-4-2/h6,17-18,20-21,26-27,29-31,40-42,45H,3-5,7-16,19,22-25,28,32-39H2,1-2H3/b20-17-,21-18-,29-26-,30-6-,31-27-/t40-,41?,42?/m1/s1. The van der Waals surface area contributed by atoms with Crippen LogP contribution in [-0.4, -0.2) is 48.6 Å². The van der Waals surface area contributed by atoms with Crippen LogP contribution in [0.25, 0.3) is 0 Å². The lowest BCUT2D eigenvalue weighted by Gasteiger charge is -2.12. The molecule has 1 heterocycles. The van der Waals surface area contributed by atoms with E-state index in [0.717, 1.165) is 57.8 Å². The second-order valence-corrected chi connectivity index (χ2v) is 13.8. The highest BCUT2D eigenvalue weighted by Crippen LogP contribution is 2.29. The van der Waals surface area contributed by atoms with Gasteiger partial charge in [0, 0.05) is 12.8 Å². The van der Waals surface area contributed by atoms with Gasteiger partial charge in [0.25, 0.3) is 0 Å². The smallest absolute Gasteiger partial charge is 0.306 e. The van der Waals surface area contributed by atoms with Gasteiger partial charge in [0.1, 0.15) is 19.3 Å². The minimum absolute atomic E-state index is 0.142. The molecule has 0 radical (unpaired) electrons. The zero-order valence-corrected chi connectivity index (χ0v) is 32.1. The van der Waals surface area contributed by atoms with Crippen LogP contribution in [0.2, 0.25) is 0 Å². The second-order valence-electron chi connectivity index (χ2n) is 13.8. The SMILES string of the molecule is CC/C=C\CC1OC1C/C=C\C/C=C\C/C=C\C/C=C\CCC(=O)OC[C@H](O)COC(=O)CCCCCCCCCCCCCCCCCC. The number of carbonyl (C=O) groups excluding carboxylic acids is 2. The number of hydrogen-bond donors (Lipinski definition) is 1. The first-order valence-electron chi connectivity index (χ1n) is 20.5. The Morgan fingerprint density at radius 2 is 0.940 bits per heavy atom. The summed E-state index contributed by atoms with van der Waals surface area (Å²) in [6.07, 6.45) is 49.0. The summed E-state index contributed by atoms with van der Waals surface area (Å²) >= 11 is 0. The number of unbranched alkanes of at least 4 members (excludes halogenated alkanes) is 15. The normalized spacial score (nSPS) is 16.9. The van der Waals surface area contributed by atoms with Crippen molar-refractivity contribution in [3.05, 3.63) is 60.8 Å². The summed E-state index contributed by atoms with van der Waals surface area (Å²) in [5, 5.41) is 10.0. The minimum atomic E-state index is -0.998. The van der Waals surface area contributed by atoms with Gasteiger partial charge in [-0.15, -0.1) is 0 Å². The van der Waals surface area contributed by atoms with E-state index in [-0.39, 0.29) is 31.6 Å². The molecule has 1 aliphatic heterocycles. The van der Waals surface area contributed by atoms with Crippen molar-refractivity contribution in [2.24, 2.45) is 0 Å². The quantitative estimate of drug-likeness (QED) is 0.0307. The fourth-order valence-electron chi connectivity index (χ4n) is 5.74. The Hall–Kier alpha value is -2.44. The average Bonchev–Trinajstić information content (AvgIpc) is 3.87. The van der Waals surface area contributed by atoms with Gasteiger partial charge in [0.05, 0.1) is 12.2 Å². The summed E-state index contributed by atoms with van der Waals surface area (Å²) in [6, 6.07) is 0. The Labute approximate surface area is 306 Å². The predicted octanol–water partition coefficient (Wildman–Crippen LogP) is 11.8. The molecule has 0 aromatic carbocycles. The van der Waals surface area contributed by atoms with Gasteiger partial charge in [-0.05, 0) is 51.4 Å². The number of epoxide rings is 1. The molecule has 2 unspecified atom stereocenters. The van der Waals surface area contributed by atoms with Crippen molar-refractivity contribution in [1.29, 1.82) is 0 Å². The molecular weight excluding hydrogens is 624 g/mol. The molecule has 50 heavy (non-hydrogen) atoms. The van der Waals surface area contributed by atoms with E-state index in [1.165, 1.54) is 83.5 Å². The van der Waals surface area contributed by atoms with E-state index in [9.17, 15) is 14.7 Å². The Morgan fingerprint density at radius 3 is 1.42 bits per heavy atom. The topological polar surface area (TPSA) is 85.4 Å². The van der Waals surface area contributed by atoms with Gasteiger partial charge < -0.3 is 19.3 Å². The van der Waals surface area contributed by atoms with Crippen LogP contribution in [0.3, 0.4) is 0 Å². The first-order chi connectivity index (χ1) is 24.6. The average molecular weight is 699 g/mol. The molecule has 0 amide bonds. The number of hydrogen-bond acceptors (Lipinski definition) is 6. The van der Waals surface area contributed by atoms with Gasteiger partial charge >= 0.3 is 11.9 Å². The molecule has 0 aromatic heterocycles. The fourth-order valence-corrected chi connectivity index (χ4v) is 5.74. The first-order valence-corrected chi connectivity index (χ1v) is 20.5. The molecule has 1 saturated heterocycles. The molecule has 3 atom stereocenters. The van der Waals surface area contributed by atoms with E-state index in [1.54, 1.807) is 0 Å². The monoisotopic (exact) mass is 699 g/mol. The number of aliphatic hydroxyl groups excluding tert-OH is 1. The number of rotatable bonds is 35. The lowest BCUT2D eigenvalue weighted by molar-refractivity contribution is -0.152. The summed E-state index contributed by atoms with van der Waals surface area (Å²) in [5.74, 6) is -0.663. The Morgan fingerprint density at radius 1 is 0.540 bits per heavy atom. The summed E-state index contributed by atoms with van der Waals surface area (Å²) in [7, 11) is 0. The molecule has 286 valence electrons. The van der Waals surface area contributed by atoms with Crippen molar-refractivity contribution in [2.45, 2.75) is 193 Å². The van der Waals surface area contributed by atoms with E-state index >= 15 is 0 Å². The largest absolute Gasteiger partial charge is 0.463 e.